The number of aromatic nitrogens is 3. The van der Waals surface area contributed by atoms with E-state index in [4.69, 9.17) is 4.74 Å². The number of ether oxygens (including phenoxy) is 1. The number of benzene rings is 3. The van der Waals surface area contributed by atoms with Crippen LogP contribution in [0.2, 0.25) is 0 Å². The second-order valence-electron chi connectivity index (χ2n) is 9.04. The Labute approximate surface area is 312 Å². The van der Waals surface area contributed by atoms with Crippen molar-refractivity contribution >= 4 is 65.9 Å². The van der Waals surface area contributed by atoms with Gasteiger partial charge in [0.15, 0.2) is 0 Å². The van der Waals surface area contributed by atoms with Gasteiger partial charge in [-0.3, -0.25) is 9.11 Å². The van der Waals surface area contributed by atoms with E-state index in [1.807, 2.05) is 0 Å². The molecule has 18 nitrogen and oxygen atoms in total. The second kappa shape index (κ2) is 16.0. The van der Waals surface area contributed by atoms with Crippen LogP contribution in [0.4, 0.5) is 29.0 Å². The number of fused-ring (bicyclic) bond motifs is 1. The summed E-state index contributed by atoms with van der Waals surface area (Å²) < 4.78 is 73.5. The van der Waals surface area contributed by atoms with Gasteiger partial charge in [-0.25, -0.2) is 9.97 Å². The predicted molar refractivity (Wildman–Crippen MR) is 144 cm³/mol. The Kier molecular flexibility index (Phi) is 13.8. The van der Waals surface area contributed by atoms with Crippen LogP contribution < -0.4 is 92.8 Å². The Morgan fingerprint density at radius 2 is 1.60 bits per heavy atom. The summed E-state index contributed by atoms with van der Waals surface area (Å²) in [4.78, 5) is 22.7. The van der Waals surface area contributed by atoms with Gasteiger partial charge in [0.05, 0.1) is 41.5 Å². The van der Waals surface area contributed by atoms with E-state index in [2.05, 4.69) is 30.5 Å². The summed E-state index contributed by atoms with van der Waals surface area (Å²) in [5.74, 6) is -3.38. The topological polar surface area (TPSA) is 283 Å². The van der Waals surface area contributed by atoms with Gasteiger partial charge in [0, 0.05) is 24.3 Å². The number of nitrogens with zero attached hydrogens (tertiary/aromatic N) is 6. The molecule has 4 aromatic rings. The van der Waals surface area contributed by atoms with Crippen molar-refractivity contribution in [1.29, 1.82) is 0 Å². The van der Waals surface area contributed by atoms with Crippen molar-refractivity contribution in [2.75, 3.05) is 36.5 Å². The van der Waals surface area contributed by atoms with Crippen molar-refractivity contribution in [1.82, 2.24) is 15.0 Å². The van der Waals surface area contributed by atoms with Gasteiger partial charge < -0.3 is 35.1 Å². The number of nitrogens with one attached hydrogen (secondary N) is 1. The molecule has 23 heteroatoms. The predicted octanol–water partition coefficient (Wildman–Crippen LogP) is -8.96. The smallest absolute Gasteiger partial charge is 0.870 e. The fourth-order valence-electron chi connectivity index (χ4n) is 4.25. The molecule has 1 aliphatic rings. The zero-order chi connectivity index (χ0) is 31.8. The van der Waals surface area contributed by atoms with Gasteiger partial charge in [-0.15, -0.1) is 10.2 Å². The van der Waals surface area contributed by atoms with Crippen LogP contribution in [-0.4, -0.2) is 73.2 Å². The largest absolute Gasteiger partial charge is 1.00 e. The summed E-state index contributed by atoms with van der Waals surface area (Å²) in [6.07, 6.45) is 0. The molecule has 0 amide bonds. The third-order valence-electron chi connectivity index (χ3n) is 6.21. The normalized spacial score (nSPS) is 13.4. The molecule has 5 rings (SSSR count). The fourth-order valence-corrected chi connectivity index (χ4v) is 5.44. The summed E-state index contributed by atoms with van der Waals surface area (Å²) in [5.41, 5.74) is -2.17. The molecule has 2 heterocycles. The van der Waals surface area contributed by atoms with Crippen molar-refractivity contribution in [3.8, 4) is 11.8 Å². The van der Waals surface area contributed by atoms with Gasteiger partial charge in [-0.05, 0) is 35.0 Å². The van der Waals surface area contributed by atoms with Gasteiger partial charge in [-0.1, -0.05) is 23.9 Å². The molecular weight excluding hydrogens is 663 g/mol. The number of aromatic carboxylic acids is 1. The summed E-state index contributed by atoms with van der Waals surface area (Å²) in [7, 11) is -10.2. The van der Waals surface area contributed by atoms with Crippen LogP contribution >= 0.6 is 0 Å². The van der Waals surface area contributed by atoms with Crippen LogP contribution in [0.1, 0.15) is 10.4 Å². The number of carbonyl (C=O) groups excluding carboxylic acids is 1. The van der Waals surface area contributed by atoms with Gasteiger partial charge in [0.2, 0.25) is 11.9 Å². The number of rotatable bonds is 8. The third kappa shape index (κ3) is 9.20. The number of azo groups is 1. The van der Waals surface area contributed by atoms with E-state index in [0.717, 1.165) is 18.2 Å². The Bertz CT molecular complexity index is 2070. The van der Waals surface area contributed by atoms with E-state index in [1.54, 1.807) is 4.90 Å². The molecule has 0 aliphatic carbocycles. The summed E-state index contributed by atoms with van der Waals surface area (Å²) in [6, 6.07) is 6.29. The van der Waals surface area contributed by atoms with Gasteiger partial charge in [-0.2, -0.15) is 21.8 Å². The molecule has 0 saturated carbocycles. The number of hydrogen-bond donors (Lipinski definition) is 3. The van der Waals surface area contributed by atoms with Crippen LogP contribution in [0.15, 0.2) is 62.5 Å². The summed E-state index contributed by atoms with van der Waals surface area (Å²) in [5, 5.41) is 46.4. The van der Waals surface area contributed by atoms with Crippen LogP contribution in [0, 0.1) is 0 Å². The maximum Gasteiger partial charge on any atom is 1.00 e. The fraction of sp³-hybridized carbons (Fsp3) is 0.167. The average Bonchev–Trinajstić information content (AvgIpc) is 2.95. The number of anilines is 3. The monoisotopic (exact) mass is 681 g/mol. The van der Waals surface area contributed by atoms with Crippen molar-refractivity contribution < 1.29 is 118 Å². The van der Waals surface area contributed by atoms with Gasteiger partial charge in [0.1, 0.15) is 4.90 Å². The molecule has 230 valence electrons. The Balaban J connectivity index is 0.00000256. The molecule has 3 N–H and O–H groups in total. The van der Waals surface area contributed by atoms with Crippen molar-refractivity contribution in [3.63, 3.8) is 0 Å². The first-order valence-corrected chi connectivity index (χ1v) is 15.1. The third-order valence-corrected chi connectivity index (χ3v) is 7.90. The van der Waals surface area contributed by atoms with Crippen LogP contribution in [0.25, 0.3) is 10.8 Å². The molecular formula is C24H18Li2N7NaO11S2. The molecule has 1 aromatic heterocycles. The van der Waals surface area contributed by atoms with E-state index in [9.17, 15) is 46.1 Å². The Morgan fingerprint density at radius 3 is 2.21 bits per heavy atom. The van der Waals surface area contributed by atoms with E-state index in [-0.39, 0.29) is 78.9 Å². The standard InChI is InChI=1S/C24H21N7O11S2.2Li.Na/c32-20-18-12(10-17(44(39,40)41)19(20)30-29-15-4-2-1-3-14(15)21(33)34)9-13(43(36,37)38)11-16(18)25-22-26-23(28-24(35)27-22)31-5-7-42-8-6-31;;;/h1-4,9-11,32H,5-8H2,(H,33,34)(H,36,37,38)(H,39,40,41)(H2,25,26,27,28,35);;;/q;3*+1/p-3. The number of carboxylic acids is 1. The minimum Gasteiger partial charge on any atom is -0.870 e. The number of morpholine rings is 1. The molecule has 0 atom stereocenters. The number of carboxylic acid groups (broad SMARTS) is 1. The maximum absolute atomic E-state index is 13.7. The minimum absolute atomic E-state index is 0. The average molecular weight is 681 g/mol. The van der Waals surface area contributed by atoms with Crippen molar-refractivity contribution in [3.05, 3.63) is 48.0 Å². The zero-order valence-corrected chi connectivity index (χ0v) is 28.6. The number of carbonyl (C=O) groups is 1. The van der Waals surface area contributed by atoms with Crippen molar-refractivity contribution in [2.45, 2.75) is 9.79 Å². The Morgan fingerprint density at radius 1 is 0.936 bits per heavy atom. The second-order valence-corrected chi connectivity index (χ2v) is 11.9. The Hall–Kier alpha value is -2.83. The van der Waals surface area contributed by atoms with E-state index < -0.39 is 81.4 Å². The molecule has 1 aliphatic heterocycles. The first-order valence-electron chi connectivity index (χ1n) is 12.2. The first-order chi connectivity index (χ1) is 20.7. The van der Waals surface area contributed by atoms with Gasteiger partial charge >= 0.3 is 67.3 Å². The van der Waals surface area contributed by atoms with Crippen LogP contribution in [0.3, 0.4) is 0 Å². The van der Waals surface area contributed by atoms with E-state index in [0.29, 0.717) is 32.4 Å². The van der Waals surface area contributed by atoms with Crippen molar-refractivity contribution in [2.24, 2.45) is 10.2 Å². The zero-order valence-electron chi connectivity index (χ0n) is 24.9. The van der Waals surface area contributed by atoms with E-state index >= 15 is 0 Å². The quantitative estimate of drug-likeness (QED) is 0.0884. The maximum atomic E-state index is 13.7. The molecule has 0 unspecified atom stereocenters. The first kappa shape index (κ1) is 40.3. The molecule has 1 fully saturated rings. The number of hydrogen-bond acceptors (Lipinski definition) is 16. The molecule has 47 heavy (non-hydrogen) atoms. The van der Waals surface area contributed by atoms with E-state index in [1.165, 1.54) is 18.2 Å². The van der Waals surface area contributed by atoms with Crippen LogP contribution in [-0.2, 0) is 25.0 Å². The molecule has 1 saturated heterocycles. The minimum atomic E-state index is -5.23. The summed E-state index contributed by atoms with van der Waals surface area (Å²) >= 11 is 0. The van der Waals surface area contributed by atoms with Crippen LogP contribution in [0.5, 0.6) is 11.8 Å². The molecule has 3 aromatic carbocycles. The molecule has 0 spiro atoms. The van der Waals surface area contributed by atoms with Gasteiger partial charge in [0.25, 0.3) is 20.2 Å². The SMILES string of the molecule is O=C([O-])c1ccccc1N=Nc1c(S(=O)(=O)O)cc2cc(S(=O)(=O)O)cc(Nc3nc([O-])nc(N4CCOCC4)n3)c2c1[O-].[Li+].[Li+].[Na+]. The molecule has 0 bridgehead atoms. The summed E-state index contributed by atoms with van der Waals surface area (Å²) in [6.45, 7) is 1.32. The molecule has 0 radical (unpaired) electrons.